The van der Waals surface area contributed by atoms with E-state index in [4.69, 9.17) is 9.72 Å². The second-order valence-corrected chi connectivity index (χ2v) is 6.66. The summed E-state index contributed by atoms with van der Waals surface area (Å²) in [6.45, 7) is 9.32. The minimum absolute atomic E-state index is 0.201. The number of nitrogens with zero attached hydrogens (tertiary/aromatic N) is 1. The first-order valence-corrected chi connectivity index (χ1v) is 8.93. The van der Waals surface area contributed by atoms with Gasteiger partial charge in [-0.25, -0.2) is 4.98 Å². The van der Waals surface area contributed by atoms with E-state index < -0.39 is 0 Å². The molecule has 1 aliphatic carbocycles. The second kappa shape index (κ2) is 8.11. The molecule has 1 heterocycles. The standard InChI is InChI=1S/C16H28N2OS/c1-4-7-13(19-6-3)16-18-15(12-8-9-12)14(20-16)11-17-10-5-2/h12-13,17H,4-11H2,1-3H3. The Morgan fingerprint density at radius 1 is 1.30 bits per heavy atom. The number of rotatable bonds is 10. The molecule has 0 aliphatic heterocycles. The van der Waals surface area contributed by atoms with Gasteiger partial charge in [-0.15, -0.1) is 11.3 Å². The molecule has 4 heteroatoms. The normalized spacial score (nSPS) is 16.6. The molecule has 3 nitrogen and oxygen atoms in total. The van der Waals surface area contributed by atoms with Gasteiger partial charge < -0.3 is 10.1 Å². The topological polar surface area (TPSA) is 34.1 Å². The Bertz CT molecular complexity index is 395. The Hall–Kier alpha value is -0.450. The molecular formula is C16H28N2OS. The zero-order valence-corrected chi connectivity index (χ0v) is 13.9. The monoisotopic (exact) mass is 296 g/mol. The van der Waals surface area contributed by atoms with E-state index in [9.17, 15) is 0 Å². The lowest BCUT2D eigenvalue weighted by Gasteiger charge is -2.12. The van der Waals surface area contributed by atoms with Gasteiger partial charge in [0.25, 0.3) is 0 Å². The van der Waals surface area contributed by atoms with Gasteiger partial charge in [0.05, 0.1) is 5.69 Å². The number of nitrogens with one attached hydrogen (secondary N) is 1. The summed E-state index contributed by atoms with van der Waals surface area (Å²) in [7, 11) is 0. The van der Waals surface area contributed by atoms with Crippen molar-refractivity contribution in [1.29, 1.82) is 0 Å². The maximum absolute atomic E-state index is 5.89. The van der Waals surface area contributed by atoms with Crippen LogP contribution in [-0.4, -0.2) is 18.1 Å². The first kappa shape index (κ1) is 15.9. The number of hydrogen-bond acceptors (Lipinski definition) is 4. The molecule has 0 spiro atoms. The number of ether oxygens (including phenoxy) is 1. The van der Waals surface area contributed by atoms with Crippen molar-refractivity contribution in [2.45, 2.75) is 71.4 Å². The van der Waals surface area contributed by atoms with Gasteiger partial charge in [-0.05, 0) is 39.2 Å². The first-order valence-electron chi connectivity index (χ1n) is 8.11. The Balaban J connectivity index is 2.09. The summed E-state index contributed by atoms with van der Waals surface area (Å²) in [5.74, 6) is 0.724. The average molecular weight is 296 g/mol. The molecule has 1 aliphatic rings. The zero-order valence-electron chi connectivity index (χ0n) is 13.1. The van der Waals surface area contributed by atoms with Gasteiger partial charge in [0.1, 0.15) is 11.1 Å². The molecule has 1 unspecified atom stereocenters. The number of aromatic nitrogens is 1. The minimum atomic E-state index is 0.201. The van der Waals surface area contributed by atoms with Gasteiger partial charge in [-0.2, -0.15) is 0 Å². The first-order chi connectivity index (χ1) is 9.80. The summed E-state index contributed by atoms with van der Waals surface area (Å²) in [4.78, 5) is 6.38. The molecule has 0 saturated heterocycles. The van der Waals surface area contributed by atoms with E-state index in [0.29, 0.717) is 0 Å². The van der Waals surface area contributed by atoms with E-state index in [1.165, 1.54) is 34.8 Å². The van der Waals surface area contributed by atoms with E-state index in [-0.39, 0.29) is 6.10 Å². The van der Waals surface area contributed by atoms with Crippen LogP contribution in [0.5, 0.6) is 0 Å². The highest BCUT2D eigenvalue weighted by Gasteiger charge is 2.30. The molecule has 0 bridgehead atoms. The van der Waals surface area contributed by atoms with Crippen molar-refractivity contribution in [1.82, 2.24) is 10.3 Å². The van der Waals surface area contributed by atoms with Crippen LogP contribution in [0, 0.1) is 0 Å². The Morgan fingerprint density at radius 2 is 2.10 bits per heavy atom. The summed E-state index contributed by atoms with van der Waals surface area (Å²) < 4.78 is 5.89. The highest BCUT2D eigenvalue weighted by molar-refractivity contribution is 7.11. The van der Waals surface area contributed by atoms with Gasteiger partial charge in [0, 0.05) is 23.9 Å². The Kier molecular flexibility index (Phi) is 6.46. The van der Waals surface area contributed by atoms with E-state index >= 15 is 0 Å². The zero-order chi connectivity index (χ0) is 14.4. The lowest BCUT2D eigenvalue weighted by atomic mass is 10.2. The van der Waals surface area contributed by atoms with Crippen molar-refractivity contribution in [3.8, 4) is 0 Å². The third kappa shape index (κ3) is 4.27. The van der Waals surface area contributed by atoms with Crippen LogP contribution in [0.25, 0.3) is 0 Å². The van der Waals surface area contributed by atoms with Crippen LogP contribution < -0.4 is 5.32 Å². The second-order valence-electron chi connectivity index (χ2n) is 5.54. The summed E-state index contributed by atoms with van der Waals surface area (Å²) in [5.41, 5.74) is 1.36. The average Bonchev–Trinajstić information content (AvgIpc) is 3.20. The van der Waals surface area contributed by atoms with Crippen molar-refractivity contribution in [2.24, 2.45) is 0 Å². The highest BCUT2D eigenvalue weighted by atomic mass is 32.1. The van der Waals surface area contributed by atoms with Gasteiger partial charge >= 0.3 is 0 Å². The highest BCUT2D eigenvalue weighted by Crippen LogP contribution is 2.44. The Morgan fingerprint density at radius 3 is 2.70 bits per heavy atom. The molecule has 1 fully saturated rings. The summed E-state index contributed by atoms with van der Waals surface area (Å²) in [6, 6.07) is 0. The third-order valence-corrected chi connectivity index (χ3v) is 4.78. The van der Waals surface area contributed by atoms with Gasteiger partial charge in [-0.1, -0.05) is 20.3 Å². The predicted octanol–water partition coefficient (Wildman–Crippen LogP) is 4.40. The molecular weight excluding hydrogens is 268 g/mol. The maximum Gasteiger partial charge on any atom is 0.122 e. The van der Waals surface area contributed by atoms with Crippen molar-refractivity contribution in [2.75, 3.05) is 13.2 Å². The molecule has 1 aromatic rings. The lowest BCUT2D eigenvalue weighted by molar-refractivity contribution is 0.0554. The fourth-order valence-electron chi connectivity index (χ4n) is 2.44. The molecule has 1 saturated carbocycles. The van der Waals surface area contributed by atoms with Gasteiger partial charge in [-0.3, -0.25) is 0 Å². The Labute approximate surface area is 127 Å². The van der Waals surface area contributed by atoms with Crippen LogP contribution >= 0.6 is 11.3 Å². The van der Waals surface area contributed by atoms with E-state index in [1.807, 2.05) is 11.3 Å². The largest absolute Gasteiger partial charge is 0.371 e. The molecule has 0 amide bonds. The van der Waals surface area contributed by atoms with Crippen LogP contribution in [0.3, 0.4) is 0 Å². The molecule has 1 aromatic heterocycles. The number of thiazole rings is 1. The van der Waals surface area contributed by atoms with Crippen molar-refractivity contribution < 1.29 is 4.74 Å². The SMILES string of the molecule is CCCNCc1sc(C(CCC)OCC)nc1C1CC1. The molecule has 2 rings (SSSR count). The smallest absolute Gasteiger partial charge is 0.122 e. The van der Waals surface area contributed by atoms with E-state index in [0.717, 1.165) is 38.5 Å². The molecule has 20 heavy (non-hydrogen) atoms. The third-order valence-electron chi connectivity index (χ3n) is 3.61. The van der Waals surface area contributed by atoms with Crippen molar-refractivity contribution >= 4 is 11.3 Å². The maximum atomic E-state index is 5.89. The lowest BCUT2D eigenvalue weighted by Crippen LogP contribution is -2.13. The van der Waals surface area contributed by atoms with Crippen LogP contribution in [0.2, 0.25) is 0 Å². The molecule has 0 aromatic carbocycles. The van der Waals surface area contributed by atoms with Crippen molar-refractivity contribution in [3.05, 3.63) is 15.6 Å². The van der Waals surface area contributed by atoms with Gasteiger partial charge in [0.2, 0.25) is 0 Å². The fraction of sp³-hybridized carbons (Fsp3) is 0.812. The predicted molar refractivity (Wildman–Crippen MR) is 85.4 cm³/mol. The fourth-order valence-corrected chi connectivity index (χ4v) is 3.65. The molecule has 114 valence electrons. The summed E-state index contributed by atoms with van der Waals surface area (Å²) in [5, 5.41) is 4.72. The molecule has 1 N–H and O–H groups in total. The quantitative estimate of drug-likeness (QED) is 0.650. The summed E-state index contributed by atoms with van der Waals surface area (Å²) in [6.07, 6.45) is 6.24. The number of hydrogen-bond donors (Lipinski definition) is 1. The van der Waals surface area contributed by atoms with Crippen LogP contribution in [0.1, 0.15) is 80.5 Å². The van der Waals surface area contributed by atoms with Gasteiger partial charge in [0.15, 0.2) is 0 Å². The van der Waals surface area contributed by atoms with E-state index in [1.54, 1.807) is 0 Å². The van der Waals surface area contributed by atoms with Crippen LogP contribution in [0.15, 0.2) is 0 Å². The van der Waals surface area contributed by atoms with Crippen LogP contribution in [-0.2, 0) is 11.3 Å². The minimum Gasteiger partial charge on any atom is -0.371 e. The van der Waals surface area contributed by atoms with E-state index in [2.05, 4.69) is 26.1 Å². The molecule has 1 atom stereocenters. The molecule has 0 radical (unpaired) electrons. The summed E-state index contributed by atoms with van der Waals surface area (Å²) >= 11 is 1.87. The van der Waals surface area contributed by atoms with Crippen molar-refractivity contribution in [3.63, 3.8) is 0 Å². The van der Waals surface area contributed by atoms with Crippen LogP contribution in [0.4, 0.5) is 0 Å².